The smallest absolute Gasteiger partial charge is 0.269 e. The number of benzene rings is 1. The van der Waals surface area contributed by atoms with E-state index in [-0.39, 0.29) is 11.1 Å². The lowest BCUT2D eigenvalue weighted by Crippen LogP contribution is -2.44. The third kappa shape index (κ3) is 5.02. The van der Waals surface area contributed by atoms with Gasteiger partial charge in [0, 0.05) is 54.8 Å². The van der Waals surface area contributed by atoms with Crippen molar-refractivity contribution in [1.29, 1.82) is 0 Å². The predicted octanol–water partition coefficient (Wildman–Crippen LogP) is 5.40. The maximum Gasteiger partial charge on any atom is 0.269 e. The zero-order valence-corrected chi connectivity index (χ0v) is 23.4. The van der Waals surface area contributed by atoms with E-state index in [4.69, 9.17) is 9.72 Å². The molecule has 1 aliphatic carbocycles. The van der Waals surface area contributed by atoms with Gasteiger partial charge >= 0.3 is 0 Å². The van der Waals surface area contributed by atoms with Crippen LogP contribution in [0.4, 0.5) is 0 Å². The molecule has 0 aliphatic heterocycles. The summed E-state index contributed by atoms with van der Waals surface area (Å²) in [6.07, 6.45) is 11.7. The first kappa shape index (κ1) is 26.6. The highest BCUT2D eigenvalue weighted by Crippen LogP contribution is 2.38. The second-order valence-corrected chi connectivity index (χ2v) is 11.9. The minimum absolute atomic E-state index is 0.123. The first-order valence-electron chi connectivity index (χ1n) is 13.5. The Morgan fingerprint density at radius 3 is 2.45 bits per heavy atom. The number of pyridine rings is 1. The fraction of sp³-hybridized carbons (Fsp3) is 0.448. The van der Waals surface area contributed by atoms with E-state index in [1.807, 2.05) is 32.4 Å². The first-order chi connectivity index (χ1) is 18.3. The highest BCUT2D eigenvalue weighted by atomic mass is 32.2. The monoisotopic (exact) mass is 535 g/mol. The van der Waals surface area contributed by atoms with Crippen LogP contribution in [0, 0.1) is 0 Å². The second-order valence-electron chi connectivity index (χ2n) is 10.1. The number of hydrogen-bond donors (Lipinski definition) is 0. The third-order valence-corrected chi connectivity index (χ3v) is 9.49. The van der Waals surface area contributed by atoms with Crippen LogP contribution >= 0.6 is 0 Å². The summed E-state index contributed by atoms with van der Waals surface area (Å²) in [7, 11) is -1.95. The fourth-order valence-corrected chi connectivity index (χ4v) is 7.23. The molecule has 5 rings (SSSR count). The lowest BCUT2D eigenvalue weighted by atomic mass is 9.81. The minimum atomic E-state index is -3.81. The van der Waals surface area contributed by atoms with Crippen LogP contribution in [-0.2, 0) is 21.8 Å². The molecule has 4 aromatic rings. The topological polar surface area (TPSA) is 82.2 Å². The Morgan fingerprint density at radius 1 is 1.08 bits per heavy atom. The van der Waals surface area contributed by atoms with Gasteiger partial charge in [0.05, 0.1) is 11.1 Å². The maximum atomic E-state index is 13.6. The highest BCUT2D eigenvalue weighted by Gasteiger charge is 2.30. The van der Waals surface area contributed by atoms with E-state index in [9.17, 15) is 8.42 Å². The largest absolute Gasteiger partial charge is 0.364 e. The summed E-state index contributed by atoms with van der Waals surface area (Å²) in [6, 6.07) is 11.2. The molecule has 0 N–H and O–H groups in total. The lowest BCUT2D eigenvalue weighted by molar-refractivity contribution is -0.0676. The molecule has 3 aromatic heterocycles. The normalized spacial score (nSPS) is 19.3. The van der Waals surface area contributed by atoms with Gasteiger partial charge in [0.2, 0.25) is 0 Å². The van der Waals surface area contributed by atoms with Crippen LogP contribution in [0.5, 0.6) is 0 Å². The maximum absolute atomic E-state index is 13.6. The summed E-state index contributed by atoms with van der Waals surface area (Å²) in [5.41, 5.74) is 3.29. The van der Waals surface area contributed by atoms with Gasteiger partial charge in [-0.1, -0.05) is 25.1 Å². The number of rotatable bonds is 9. The number of hydrogen-bond acceptors (Lipinski definition) is 6. The van der Waals surface area contributed by atoms with Crippen molar-refractivity contribution < 1.29 is 13.2 Å². The van der Waals surface area contributed by atoms with E-state index in [1.54, 1.807) is 41.3 Å². The number of nitrogens with zero attached hydrogens (tertiary/aromatic N) is 5. The van der Waals surface area contributed by atoms with Gasteiger partial charge in [0.15, 0.2) is 5.65 Å². The number of aromatic nitrogens is 4. The number of aryl methyl sites for hydroxylation is 1. The Balaban J connectivity index is 1.49. The molecule has 38 heavy (non-hydrogen) atoms. The van der Waals surface area contributed by atoms with Gasteiger partial charge in [-0.3, -0.25) is 9.58 Å². The van der Waals surface area contributed by atoms with Gasteiger partial charge in [-0.15, -0.1) is 0 Å². The van der Waals surface area contributed by atoms with Crippen molar-refractivity contribution in [3.63, 3.8) is 0 Å². The average Bonchev–Trinajstić information content (AvgIpc) is 3.53. The van der Waals surface area contributed by atoms with Crippen molar-refractivity contribution in [3.8, 4) is 11.1 Å². The Hall–Kier alpha value is -3.01. The van der Waals surface area contributed by atoms with Crippen LogP contribution in [-0.4, -0.2) is 57.5 Å². The van der Waals surface area contributed by atoms with Crippen LogP contribution < -0.4 is 0 Å². The molecule has 1 atom stereocenters. The standard InChI is InChI=1S/C29H37N5O3S/c1-5-33(21(3)37-6-2)25-14-12-22(13-15-25)23-16-27-28(24-18-31-32(4)19-24)20-34(29(27)30-17-23)38(35,36)26-10-8-7-9-11-26/h7-11,16-22,25H,5-6,12-15H2,1-4H3. The molecule has 9 heteroatoms. The van der Waals surface area contributed by atoms with Crippen LogP contribution in [0.25, 0.3) is 22.2 Å². The van der Waals surface area contributed by atoms with Gasteiger partial charge in [-0.05, 0) is 75.8 Å². The Bertz CT molecular complexity index is 1490. The van der Waals surface area contributed by atoms with Gasteiger partial charge in [0.1, 0.15) is 6.23 Å². The van der Waals surface area contributed by atoms with Crippen molar-refractivity contribution in [1.82, 2.24) is 23.6 Å². The van der Waals surface area contributed by atoms with E-state index in [1.165, 1.54) is 3.97 Å². The molecule has 8 nitrogen and oxygen atoms in total. The molecule has 202 valence electrons. The molecule has 1 unspecified atom stereocenters. The Kier molecular flexibility index (Phi) is 7.70. The fourth-order valence-electron chi connectivity index (χ4n) is 5.89. The molecule has 0 bridgehead atoms. The SMILES string of the molecule is CCOC(C)N(CC)C1CCC(c2cnc3c(c2)c(-c2cnn(C)c2)cn3S(=O)(=O)c2ccccc2)CC1. The van der Waals surface area contributed by atoms with Gasteiger partial charge in [0.25, 0.3) is 10.0 Å². The highest BCUT2D eigenvalue weighted by molar-refractivity contribution is 7.90. The molecule has 1 aromatic carbocycles. The summed E-state index contributed by atoms with van der Waals surface area (Å²) >= 11 is 0. The van der Waals surface area contributed by atoms with Crippen molar-refractivity contribution in [2.75, 3.05) is 13.2 Å². The zero-order valence-electron chi connectivity index (χ0n) is 22.6. The van der Waals surface area contributed by atoms with Crippen molar-refractivity contribution in [2.24, 2.45) is 7.05 Å². The molecule has 0 saturated heterocycles. The van der Waals surface area contributed by atoms with Crippen LogP contribution in [0.1, 0.15) is 57.9 Å². The Labute approximate surface area is 225 Å². The van der Waals surface area contributed by atoms with Crippen LogP contribution in [0.3, 0.4) is 0 Å². The minimum Gasteiger partial charge on any atom is -0.364 e. The molecular weight excluding hydrogens is 498 g/mol. The summed E-state index contributed by atoms with van der Waals surface area (Å²) in [5, 5.41) is 5.16. The molecule has 0 amide bonds. The lowest BCUT2D eigenvalue weighted by Gasteiger charge is -2.39. The molecule has 1 saturated carbocycles. The van der Waals surface area contributed by atoms with Crippen molar-refractivity contribution in [3.05, 3.63) is 66.7 Å². The van der Waals surface area contributed by atoms with Crippen molar-refractivity contribution in [2.45, 2.75) is 69.5 Å². The van der Waals surface area contributed by atoms with Gasteiger partial charge in [-0.25, -0.2) is 17.4 Å². The summed E-state index contributed by atoms with van der Waals surface area (Å²) in [6.45, 7) is 8.08. The van der Waals surface area contributed by atoms with E-state index < -0.39 is 10.0 Å². The summed E-state index contributed by atoms with van der Waals surface area (Å²) in [5.74, 6) is 0.389. The third-order valence-electron chi connectivity index (χ3n) is 7.83. The molecular formula is C29H37N5O3S. The van der Waals surface area contributed by atoms with E-state index in [2.05, 4.69) is 29.9 Å². The first-order valence-corrected chi connectivity index (χ1v) is 15.0. The zero-order chi connectivity index (χ0) is 26.9. The number of ether oxygens (including phenoxy) is 1. The molecule has 0 radical (unpaired) electrons. The van der Waals surface area contributed by atoms with E-state index in [0.717, 1.165) is 60.9 Å². The summed E-state index contributed by atoms with van der Waals surface area (Å²) in [4.78, 5) is 7.46. The van der Waals surface area contributed by atoms with Crippen LogP contribution in [0.2, 0.25) is 0 Å². The van der Waals surface area contributed by atoms with E-state index >= 15 is 0 Å². The average molecular weight is 536 g/mol. The molecule has 0 spiro atoms. The molecule has 1 fully saturated rings. The molecule has 3 heterocycles. The number of fused-ring (bicyclic) bond motifs is 1. The van der Waals surface area contributed by atoms with Crippen molar-refractivity contribution >= 4 is 21.1 Å². The Morgan fingerprint density at radius 2 is 1.82 bits per heavy atom. The van der Waals surface area contributed by atoms with Crippen LogP contribution in [0.15, 0.2) is 66.1 Å². The second kappa shape index (κ2) is 11.0. The quantitative estimate of drug-likeness (QED) is 0.267. The van der Waals surface area contributed by atoms with Gasteiger partial charge in [-0.2, -0.15) is 5.10 Å². The van der Waals surface area contributed by atoms with Gasteiger partial charge < -0.3 is 4.74 Å². The molecule has 1 aliphatic rings. The predicted molar refractivity (Wildman–Crippen MR) is 149 cm³/mol. The summed E-state index contributed by atoms with van der Waals surface area (Å²) < 4.78 is 36.1. The van der Waals surface area contributed by atoms with E-state index in [0.29, 0.717) is 17.6 Å².